The molecule has 0 spiro atoms. The third-order valence-electron chi connectivity index (χ3n) is 8.04. The van der Waals surface area contributed by atoms with Gasteiger partial charge in [-0.2, -0.15) is 13.2 Å². The molecule has 5 rings (SSSR count). The van der Waals surface area contributed by atoms with E-state index in [-0.39, 0.29) is 35.5 Å². The SMILES string of the molecule is Cc1ccc(C(=O)Nc2cc(OC[C@@H]3CCCC3C(=O)OC(C)(C)C)cc(C(F)(F)F)c2)cc1Cc1ncccc1-c1ccncn1. The highest BCUT2D eigenvalue weighted by molar-refractivity contribution is 6.04. The van der Waals surface area contributed by atoms with Gasteiger partial charge in [0, 0.05) is 47.6 Å². The Balaban J connectivity index is 1.33. The highest BCUT2D eigenvalue weighted by atomic mass is 19.4. The largest absolute Gasteiger partial charge is 0.493 e. The van der Waals surface area contributed by atoms with Crippen LogP contribution in [0.25, 0.3) is 11.3 Å². The number of pyridine rings is 1. The number of rotatable bonds is 9. The molecule has 1 saturated carbocycles. The van der Waals surface area contributed by atoms with Gasteiger partial charge in [-0.3, -0.25) is 14.6 Å². The Hall–Kier alpha value is -4.80. The van der Waals surface area contributed by atoms with Crippen molar-refractivity contribution < 1.29 is 32.2 Å². The van der Waals surface area contributed by atoms with Crippen molar-refractivity contribution >= 4 is 17.6 Å². The molecule has 1 aliphatic rings. The molecule has 1 fully saturated rings. The third kappa shape index (κ3) is 8.72. The maximum Gasteiger partial charge on any atom is 0.416 e. The highest BCUT2D eigenvalue weighted by Crippen LogP contribution is 2.37. The number of carbonyl (C=O) groups excluding carboxylic acids is 2. The fourth-order valence-corrected chi connectivity index (χ4v) is 5.69. The average molecular weight is 647 g/mol. The summed E-state index contributed by atoms with van der Waals surface area (Å²) in [6, 6.07) is 13.8. The molecule has 1 N–H and O–H groups in total. The van der Waals surface area contributed by atoms with Gasteiger partial charge in [-0.15, -0.1) is 0 Å². The van der Waals surface area contributed by atoms with Crippen molar-refractivity contribution in [1.29, 1.82) is 0 Å². The van der Waals surface area contributed by atoms with Crippen molar-refractivity contribution in [2.45, 2.75) is 65.2 Å². The van der Waals surface area contributed by atoms with Crippen molar-refractivity contribution in [2.75, 3.05) is 11.9 Å². The van der Waals surface area contributed by atoms with E-state index in [1.807, 2.05) is 19.1 Å². The summed E-state index contributed by atoms with van der Waals surface area (Å²) in [5.74, 6) is -1.54. The highest BCUT2D eigenvalue weighted by Gasteiger charge is 2.37. The number of aryl methyl sites for hydroxylation is 1. The summed E-state index contributed by atoms with van der Waals surface area (Å²) in [7, 11) is 0. The van der Waals surface area contributed by atoms with Crippen LogP contribution in [0.1, 0.15) is 72.8 Å². The summed E-state index contributed by atoms with van der Waals surface area (Å²) in [5, 5.41) is 2.61. The Labute approximate surface area is 271 Å². The van der Waals surface area contributed by atoms with Gasteiger partial charge < -0.3 is 14.8 Å². The smallest absolute Gasteiger partial charge is 0.416 e. The van der Waals surface area contributed by atoms with Crippen LogP contribution >= 0.6 is 0 Å². The molecular weight excluding hydrogens is 609 g/mol. The van der Waals surface area contributed by atoms with Crippen LogP contribution < -0.4 is 10.1 Å². The number of esters is 1. The van der Waals surface area contributed by atoms with Crippen LogP contribution in [-0.4, -0.2) is 39.0 Å². The Morgan fingerprint density at radius 1 is 0.979 bits per heavy atom. The van der Waals surface area contributed by atoms with Crippen LogP contribution in [-0.2, 0) is 22.1 Å². The zero-order chi connectivity index (χ0) is 33.8. The maximum atomic E-state index is 13.9. The fourth-order valence-electron chi connectivity index (χ4n) is 5.69. The second-order valence-corrected chi connectivity index (χ2v) is 12.8. The van der Waals surface area contributed by atoms with Gasteiger partial charge >= 0.3 is 12.1 Å². The Morgan fingerprint density at radius 3 is 2.51 bits per heavy atom. The first-order valence-electron chi connectivity index (χ1n) is 15.5. The first-order chi connectivity index (χ1) is 22.3. The topological polar surface area (TPSA) is 103 Å². The number of nitrogens with one attached hydrogen (secondary N) is 1. The van der Waals surface area contributed by atoms with Crippen LogP contribution in [0.2, 0.25) is 0 Å². The lowest BCUT2D eigenvalue weighted by Crippen LogP contribution is -2.32. The van der Waals surface area contributed by atoms with Crippen LogP contribution in [0.4, 0.5) is 18.9 Å². The van der Waals surface area contributed by atoms with Gasteiger partial charge in [-0.05, 0) is 94.1 Å². The minimum atomic E-state index is -4.67. The Kier molecular flexibility index (Phi) is 9.93. The second-order valence-electron chi connectivity index (χ2n) is 12.8. The molecule has 1 aliphatic carbocycles. The fraction of sp³-hybridized carbons (Fsp3) is 0.361. The molecule has 2 aromatic heterocycles. The summed E-state index contributed by atoms with van der Waals surface area (Å²) < 4.78 is 53.1. The minimum Gasteiger partial charge on any atom is -0.493 e. The van der Waals surface area contributed by atoms with Crippen LogP contribution in [0.15, 0.2) is 73.3 Å². The molecule has 4 aromatic rings. The van der Waals surface area contributed by atoms with Crippen LogP contribution in [0.3, 0.4) is 0 Å². The summed E-state index contributed by atoms with van der Waals surface area (Å²) >= 11 is 0. The lowest BCUT2D eigenvalue weighted by Gasteiger charge is -2.25. The summed E-state index contributed by atoms with van der Waals surface area (Å²) in [4.78, 5) is 38.9. The van der Waals surface area contributed by atoms with E-state index in [0.717, 1.165) is 40.9 Å². The average Bonchev–Trinajstić information content (AvgIpc) is 3.49. The van der Waals surface area contributed by atoms with Crippen LogP contribution in [0.5, 0.6) is 5.75 Å². The van der Waals surface area contributed by atoms with Crippen molar-refractivity contribution in [3.63, 3.8) is 0 Å². The van der Waals surface area contributed by atoms with Crippen molar-refractivity contribution in [1.82, 2.24) is 15.0 Å². The van der Waals surface area contributed by atoms with Gasteiger partial charge in [0.15, 0.2) is 0 Å². The molecule has 1 unspecified atom stereocenters. The first kappa shape index (κ1) is 33.6. The standard InChI is InChI=1S/C36H37F3N4O4/c1-22-10-11-23(15-25(22)16-32-30(9-6-13-41-32)31-12-14-40-21-42-31)33(44)43-27-17-26(36(37,38)39)18-28(19-27)46-20-24-7-5-8-29(24)34(45)47-35(2,3)4/h6,9-15,17-19,21,24,29H,5,7-8,16,20H2,1-4H3,(H,43,44)/t24-,29?/m0/s1. The number of ether oxygens (including phenoxy) is 2. The van der Waals surface area contributed by atoms with E-state index < -0.39 is 29.2 Å². The minimum absolute atomic E-state index is 0.0461. The van der Waals surface area contributed by atoms with E-state index in [1.165, 1.54) is 12.4 Å². The molecule has 2 heterocycles. The number of aromatic nitrogens is 3. The van der Waals surface area contributed by atoms with E-state index in [4.69, 9.17) is 9.47 Å². The molecule has 0 radical (unpaired) electrons. The van der Waals surface area contributed by atoms with Crippen molar-refractivity contribution in [3.05, 3.63) is 101 Å². The number of nitrogens with zero attached hydrogens (tertiary/aromatic N) is 3. The summed E-state index contributed by atoms with van der Waals surface area (Å²) in [5.41, 5.74) is 2.66. The molecule has 1 amide bonds. The van der Waals surface area contributed by atoms with E-state index in [0.29, 0.717) is 25.0 Å². The molecule has 0 saturated heterocycles. The maximum absolute atomic E-state index is 13.9. The van der Waals surface area contributed by atoms with E-state index in [9.17, 15) is 22.8 Å². The Morgan fingerprint density at radius 2 is 1.79 bits per heavy atom. The number of alkyl halides is 3. The number of carbonyl (C=O) groups is 2. The van der Waals surface area contributed by atoms with Crippen molar-refractivity contribution in [2.24, 2.45) is 11.8 Å². The molecule has 0 aliphatic heterocycles. The number of hydrogen-bond donors (Lipinski definition) is 1. The molecule has 2 aromatic carbocycles. The molecule has 8 nitrogen and oxygen atoms in total. The molecule has 47 heavy (non-hydrogen) atoms. The molecule has 11 heteroatoms. The summed E-state index contributed by atoms with van der Waals surface area (Å²) in [6.07, 6.45) is 2.64. The van der Waals surface area contributed by atoms with Crippen LogP contribution in [0, 0.1) is 18.8 Å². The van der Waals surface area contributed by atoms with E-state index in [2.05, 4.69) is 20.3 Å². The molecule has 0 bridgehead atoms. The second kappa shape index (κ2) is 13.9. The quantitative estimate of drug-likeness (QED) is 0.185. The van der Waals surface area contributed by atoms with Gasteiger partial charge in [0.25, 0.3) is 5.91 Å². The van der Waals surface area contributed by atoms with Gasteiger partial charge in [0.2, 0.25) is 0 Å². The van der Waals surface area contributed by atoms with Gasteiger partial charge in [-0.25, -0.2) is 9.97 Å². The molecule has 246 valence electrons. The number of benzene rings is 2. The third-order valence-corrected chi connectivity index (χ3v) is 8.04. The predicted octanol–water partition coefficient (Wildman–Crippen LogP) is 7.85. The predicted molar refractivity (Wildman–Crippen MR) is 171 cm³/mol. The first-order valence-corrected chi connectivity index (χ1v) is 15.5. The lowest BCUT2D eigenvalue weighted by molar-refractivity contribution is -0.161. The number of hydrogen-bond acceptors (Lipinski definition) is 7. The van der Waals surface area contributed by atoms with Crippen molar-refractivity contribution in [3.8, 4) is 17.0 Å². The molecular formula is C36H37F3N4O4. The zero-order valence-electron chi connectivity index (χ0n) is 26.7. The van der Waals surface area contributed by atoms with E-state index >= 15 is 0 Å². The number of halogens is 3. The summed E-state index contributed by atoms with van der Waals surface area (Å²) in [6.45, 7) is 7.33. The van der Waals surface area contributed by atoms with Gasteiger partial charge in [-0.1, -0.05) is 12.5 Å². The lowest BCUT2D eigenvalue weighted by atomic mass is 9.96. The number of anilines is 1. The van der Waals surface area contributed by atoms with Gasteiger partial charge in [0.05, 0.1) is 29.5 Å². The number of amides is 1. The molecule has 2 atom stereocenters. The monoisotopic (exact) mass is 646 g/mol. The van der Waals surface area contributed by atoms with Gasteiger partial charge in [0.1, 0.15) is 17.7 Å². The Bertz CT molecular complexity index is 1740. The zero-order valence-corrected chi connectivity index (χ0v) is 26.7. The van der Waals surface area contributed by atoms with E-state index in [1.54, 1.807) is 57.4 Å². The normalized spacial score (nSPS) is 16.5.